The Kier molecular flexibility index (Phi) is 4.14. The quantitative estimate of drug-likeness (QED) is 0.737. The second-order valence-corrected chi connectivity index (χ2v) is 5.22. The molecular weight excluding hydrogens is 220 g/mol. The molecule has 0 saturated carbocycles. The molecule has 1 rings (SSSR count). The molecule has 0 aromatic heterocycles. The van der Waals surface area contributed by atoms with Gasteiger partial charge in [-0.3, -0.25) is 9.59 Å². The second-order valence-electron chi connectivity index (χ2n) is 5.22. The van der Waals surface area contributed by atoms with Gasteiger partial charge in [0.25, 0.3) is 0 Å². The van der Waals surface area contributed by atoms with Crippen molar-refractivity contribution in [3.05, 3.63) is 0 Å². The van der Waals surface area contributed by atoms with Crippen LogP contribution in [0.25, 0.3) is 0 Å². The third-order valence-corrected chi connectivity index (χ3v) is 4.04. The third-order valence-electron chi connectivity index (χ3n) is 4.04. The number of nitrogens with zero attached hydrogens (tertiary/aromatic N) is 1. The van der Waals surface area contributed by atoms with Crippen molar-refractivity contribution in [3.63, 3.8) is 0 Å². The van der Waals surface area contributed by atoms with Gasteiger partial charge in [0.05, 0.1) is 11.3 Å². The standard InChI is InChI=1S/C12H22N2O3/c1-4-12(3,7-13)11(17)14-5-9(6-14)8(2)10(15)16/h8-9H,4-7,13H2,1-3H3,(H,15,16). The lowest BCUT2D eigenvalue weighted by atomic mass is 9.81. The minimum absolute atomic E-state index is 0.0522. The Morgan fingerprint density at radius 3 is 2.41 bits per heavy atom. The van der Waals surface area contributed by atoms with Crippen molar-refractivity contribution in [1.82, 2.24) is 4.90 Å². The predicted molar refractivity (Wildman–Crippen MR) is 64.3 cm³/mol. The van der Waals surface area contributed by atoms with E-state index in [1.165, 1.54) is 0 Å². The molecule has 1 saturated heterocycles. The van der Waals surface area contributed by atoms with Crippen molar-refractivity contribution in [1.29, 1.82) is 0 Å². The van der Waals surface area contributed by atoms with Gasteiger partial charge in [0.2, 0.25) is 5.91 Å². The highest BCUT2D eigenvalue weighted by Crippen LogP contribution is 2.30. The molecule has 17 heavy (non-hydrogen) atoms. The van der Waals surface area contributed by atoms with Gasteiger partial charge in [-0.1, -0.05) is 13.8 Å². The number of hydrogen-bond acceptors (Lipinski definition) is 3. The minimum atomic E-state index is -0.792. The van der Waals surface area contributed by atoms with Gasteiger partial charge in [0.15, 0.2) is 0 Å². The molecule has 3 N–H and O–H groups in total. The van der Waals surface area contributed by atoms with Crippen LogP contribution in [0.3, 0.4) is 0 Å². The van der Waals surface area contributed by atoms with E-state index in [9.17, 15) is 9.59 Å². The Morgan fingerprint density at radius 1 is 1.53 bits per heavy atom. The second kappa shape index (κ2) is 5.04. The van der Waals surface area contributed by atoms with E-state index in [0.717, 1.165) is 0 Å². The average molecular weight is 242 g/mol. The summed E-state index contributed by atoms with van der Waals surface area (Å²) in [5.41, 5.74) is 5.13. The lowest BCUT2D eigenvalue weighted by Crippen LogP contribution is -2.58. The summed E-state index contributed by atoms with van der Waals surface area (Å²) in [5, 5.41) is 8.87. The molecule has 1 amide bonds. The fraction of sp³-hybridized carbons (Fsp3) is 0.833. The van der Waals surface area contributed by atoms with E-state index in [1.54, 1.807) is 11.8 Å². The number of amides is 1. The van der Waals surface area contributed by atoms with Gasteiger partial charge < -0.3 is 15.7 Å². The summed E-state index contributed by atoms with van der Waals surface area (Å²) >= 11 is 0. The fourth-order valence-electron chi connectivity index (χ4n) is 1.96. The number of rotatable bonds is 5. The highest BCUT2D eigenvalue weighted by molar-refractivity contribution is 5.83. The Hall–Kier alpha value is -1.10. The van der Waals surface area contributed by atoms with Crippen LogP contribution < -0.4 is 5.73 Å². The molecule has 0 radical (unpaired) electrons. The van der Waals surface area contributed by atoms with E-state index >= 15 is 0 Å². The number of hydrogen-bond donors (Lipinski definition) is 2. The Morgan fingerprint density at radius 2 is 2.06 bits per heavy atom. The molecule has 0 aliphatic carbocycles. The number of likely N-dealkylation sites (tertiary alicyclic amines) is 1. The molecule has 5 nitrogen and oxygen atoms in total. The van der Waals surface area contributed by atoms with Crippen LogP contribution >= 0.6 is 0 Å². The van der Waals surface area contributed by atoms with Gasteiger partial charge in [0, 0.05) is 25.6 Å². The third kappa shape index (κ3) is 2.60. The first-order valence-electron chi connectivity index (χ1n) is 6.08. The summed E-state index contributed by atoms with van der Waals surface area (Å²) in [6.45, 7) is 6.92. The molecule has 5 heteroatoms. The minimum Gasteiger partial charge on any atom is -0.481 e. The molecule has 98 valence electrons. The topological polar surface area (TPSA) is 83.6 Å². The van der Waals surface area contributed by atoms with Crippen molar-refractivity contribution >= 4 is 11.9 Å². The van der Waals surface area contributed by atoms with Crippen LogP contribution in [-0.2, 0) is 9.59 Å². The number of aliphatic carboxylic acids is 1. The maximum absolute atomic E-state index is 12.1. The number of carbonyl (C=O) groups is 2. The maximum atomic E-state index is 12.1. The molecule has 1 aliphatic heterocycles. The first kappa shape index (κ1) is 14.0. The first-order chi connectivity index (χ1) is 7.85. The summed E-state index contributed by atoms with van der Waals surface area (Å²) in [6.07, 6.45) is 0.706. The Labute approximate surface area is 102 Å². The molecule has 1 heterocycles. The summed E-state index contributed by atoms with van der Waals surface area (Å²) in [6, 6.07) is 0. The summed E-state index contributed by atoms with van der Waals surface area (Å²) in [7, 11) is 0. The van der Waals surface area contributed by atoms with E-state index in [2.05, 4.69) is 0 Å². The molecule has 1 aliphatic rings. The van der Waals surface area contributed by atoms with Crippen LogP contribution in [0.2, 0.25) is 0 Å². The molecular formula is C12H22N2O3. The van der Waals surface area contributed by atoms with E-state index in [0.29, 0.717) is 26.1 Å². The van der Waals surface area contributed by atoms with Gasteiger partial charge in [-0.05, 0) is 13.3 Å². The van der Waals surface area contributed by atoms with Crippen LogP contribution in [0.4, 0.5) is 0 Å². The zero-order valence-electron chi connectivity index (χ0n) is 10.8. The fourth-order valence-corrected chi connectivity index (χ4v) is 1.96. The summed E-state index contributed by atoms with van der Waals surface area (Å²) < 4.78 is 0. The molecule has 0 aromatic rings. The number of carbonyl (C=O) groups excluding carboxylic acids is 1. The molecule has 1 fully saturated rings. The molecule has 2 unspecified atom stereocenters. The van der Waals surface area contributed by atoms with Crippen molar-refractivity contribution in [2.75, 3.05) is 19.6 Å². The zero-order chi connectivity index (χ0) is 13.2. The van der Waals surface area contributed by atoms with E-state index in [1.807, 2.05) is 13.8 Å². The molecule has 0 spiro atoms. The van der Waals surface area contributed by atoms with Crippen LogP contribution in [0.5, 0.6) is 0 Å². The summed E-state index contributed by atoms with van der Waals surface area (Å²) in [4.78, 5) is 24.7. The van der Waals surface area contributed by atoms with Crippen LogP contribution in [-0.4, -0.2) is 41.5 Å². The lowest BCUT2D eigenvalue weighted by molar-refractivity contribution is -0.155. The van der Waals surface area contributed by atoms with Gasteiger partial charge in [-0.25, -0.2) is 0 Å². The van der Waals surface area contributed by atoms with Crippen molar-refractivity contribution in [2.45, 2.75) is 27.2 Å². The van der Waals surface area contributed by atoms with Gasteiger partial charge in [-0.15, -0.1) is 0 Å². The zero-order valence-corrected chi connectivity index (χ0v) is 10.8. The van der Waals surface area contributed by atoms with Crippen molar-refractivity contribution in [2.24, 2.45) is 23.0 Å². The van der Waals surface area contributed by atoms with Gasteiger partial charge >= 0.3 is 5.97 Å². The number of carboxylic acid groups (broad SMARTS) is 1. The van der Waals surface area contributed by atoms with E-state index in [-0.39, 0.29) is 17.7 Å². The Bertz CT molecular complexity index is 307. The van der Waals surface area contributed by atoms with E-state index in [4.69, 9.17) is 10.8 Å². The average Bonchev–Trinajstić information content (AvgIpc) is 2.25. The largest absolute Gasteiger partial charge is 0.481 e. The van der Waals surface area contributed by atoms with Crippen molar-refractivity contribution < 1.29 is 14.7 Å². The number of carboxylic acids is 1. The monoisotopic (exact) mass is 242 g/mol. The normalized spacial score (nSPS) is 21.5. The molecule has 0 bridgehead atoms. The van der Waals surface area contributed by atoms with E-state index < -0.39 is 11.4 Å². The van der Waals surface area contributed by atoms with Crippen LogP contribution in [0, 0.1) is 17.3 Å². The lowest BCUT2D eigenvalue weighted by Gasteiger charge is -2.45. The number of nitrogens with two attached hydrogens (primary N) is 1. The van der Waals surface area contributed by atoms with Crippen LogP contribution in [0.15, 0.2) is 0 Å². The molecule has 2 atom stereocenters. The highest BCUT2D eigenvalue weighted by Gasteiger charge is 2.42. The molecule has 0 aromatic carbocycles. The van der Waals surface area contributed by atoms with Gasteiger partial charge in [0.1, 0.15) is 0 Å². The predicted octanol–water partition coefficient (Wildman–Crippen LogP) is 0.541. The summed E-state index contributed by atoms with van der Waals surface area (Å²) in [5.74, 6) is -1.05. The Balaban J connectivity index is 2.53. The van der Waals surface area contributed by atoms with Gasteiger partial charge in [-0.2, -0.15) is 0 Å². The van der Waals surface area contributed by atoms with Crippen LogP contribution in [0.1, 0.15) is 27.2 Å². The van der Waals surface area contributed by atoms with Crippen molar-refractivity contribution in [3.8, 4) is 0 Å². The smallest absolute Gasteiger partial charge is 0.306 e. The maximum Gasteiger partial charge on any atom is 0.306 e. The highest BCUT2D eigenvalue weighted by atomic mass is 16.4. The SMILES string of the molecule is CCC(C)(CN)C(=O)N1CC(C(C)C(=O)O)C1. The first-order valence-corrected chi connectivity index (χ1v) is 6.08.